The smallest absolute Gasteiger partial charge is 0.00205 e. The second-order valence-corrected chi connectivity index (χ2v) is 4.94. The van der Waals surface area contributed by atoms with Gasteiger partial charge >= 0.3 is 0 Å². The van der Waals surface area contributed by atoms with Gasteiger partial charge in [0.1, 0.15) is 0 Å². The molecule has 0 aliphatic heterocycles. The van der Waals surface area contributed by atoms with Gasteiger partial charge in [-0.25, -0.2) is 0 Å². The van der Waals surface area contributed by atoms with Gasteiger partial charge in [0, 0.05) is 0 Å². The van der Waals surface area contributed by atoms with Gasteiger partial charge in [-0.05, 0) is 44.2 Å². The summed E-state index contributed by atoms with van der Waals surface area (Å²) < 4.78 is 0. The zero-order valence-corrected chi connectivity index (χ0v) is 8.73. The molecule has 2 aliphatic carbocycles. The first-order valence-electron chi connectivity index (χ1n) is 6.16. The highest BCUT2D eigenvalue weighted by Gasteiger charge is 2.17. The molecular weight excluding hydrogens is 158 g/mol. The third-order valence-corrected chi connectivity index (χ3v) is 3.86. The van der Waals surface area contributed by atoms with Crippen molar-refractivity contribution in [3.05, 3.63) is 0 Å². The second kappa shape index (κ2) is 4.99. The van der Waals surface area contributed by atoms with Crippen molar-refractivity contribution in [1.29, 1.82) is 0 Å². The summed E-state index contributed by atoms with van der Waals surface area (Å²) in [6.45, 7) is 2.58. The highest BCUT2D eigenvalue weighted by molar-refractivity contribution is 4.72. The summed E-state index contributed by atoms with van der Waals surface area (Å²) in [6, 6.07) is 0. The summed E-state index contributed by atoms with van der Waals surface area (Å²) >= 11 is 0. The number of nitrogens with one attached hydrogen (secondary N) is 1. The van der Waals surface area contributed by atoms with E-state index in [9.17, 15) is 0 Å². The summed E-state index contributed by atoms with van der Waals surface area (Å²) in [5.74, 6) is 2.09. The molecular formula is C12H23N. The van der Waals surface area contributed by atoms with E-state index in [1.807, 2.05) is 0 Å². The Morgan fingerprint density at radius 1 is 0.846 bits per heavy atom. The van der Waals surface area contributed by atoms with Gasteiger partial charge in [-0.3, -0.25) is 0 Å². The largest absolute Gasteiger partial charge is 0.316 e. The van der Waals surface area contributed by atoms with Crippen molar-refractivity contribution in [2.75, 3.05) is 13.1 Å². The Balaban J connectivity index is 1.43. The van der Waals surface area contributed by atoms with Gasteiger partial charge in [0.25, 0.3) is 0 Å². The number of rotatable bonds is 5. The molecule has 0 saturated heterocycles. The van der Waals surface area contributed by atoms with Gasteiger partial charge in [-0.15, -0.1) is 0 Å². The fraction of sp³-hybridized carbons (Fsp3) is 1.00. The van der Waals surface area contributed by atoms with Gasteiger partial charge < -0.3 is 5.32 Å². The van der Waals surface area contributed by atoms with E-state index in [2.05, 4.69) is 5.32 Å². The standard InChI is InChI=1S/C12H23N/c1-2-5-12(4-1)10-13-9-8-11-6-3-7-11/h11-13H,1-10H2. The van der Waals surface area contributed by atoms with Crippen LogP contribution in [-0.2, 0) is 0 Å². The lowest BCUT2D eigenvalue weighted by Crippen LogP contribution is -2.25. The zero-order valence-electron chi connectivity index (χ0n) is 8.73. The highest BCUT2D eigenvalue weighted by atomic mass is 14.9. The van der Waals surface area contributed by atoms with Crippen LogP contribution in [0, 0.1) is 11.8 Å². The summed E-state index contributed by atoms with van der Waals surface area (Å²) in [7, 11) is 0. The summed E-state index contributed by atoms with van der Waals surface area (Å²) in [6.07, 6.45) is 11.9. The first-order valence-corrected chi connectivity index (χ1v) is 6.16. The molecule has 2 rings (SSSR count). The van der Waals surface area contributed by atoms with Crippen LogP contribution in [0.2, 0.25) is 0 Å². The third-order valence-electron chi connectivity index (χ3n) is 3.86. The number of hydrogen-bond acceptors (Lipinski definition) is 1. The summed E-state index contributed by atoms with van der Waals surface area (Å²) in [4.78, 5) is 0. The van der Waals surface area contributed by atoms with Crippen molar-refractivity contribution in [3.8, 4) is 0 Å². The molecule has 1 heteroatoms. The molecule has 0 unspecified atom stereocenters. The lowest BCUT2D eigenvalue weighted by molar-refractivity contribution is 0.289. The average molecular weight is 181 g/mol. The zero-order chi connectivity index (χ0) is 8.93. The normalized spacial score (nSPS) is 24.9. The molecule has 0 atom stereocenters. The Morgan fingerprint density at radius 2 is 1.54 bits per heavy atom. The molecule has 76 valence electrons. The molecule has 1 nitrogen and oxygen atoms in total. The molecule has 0 radical (unpaired) electrons. The van der Waals surface area contributed by atoms with E-state index in [1.54, 1.807) is 0 Å². The third kappa shape index (κ3) is 2.98. The van der Waals surface area contributed by atoms with E-state index in [0.717, 1.165) is 11.8 Å². The Labute approximate surface area is 82.3 Å². The SMILES string of the molecule is C1CC(CCNCC2CCCC2)C1. The van der Waals surface area contributed by atoms with Gasteiger partial charge in [0.05, 0.1) is 0 Å². The molecule has 0 bridgehead atoms. The van der Waals surface area contributed by atoms with Crippen LogP contribution >= 0.6 is 0 Å². The maximum Gasteiger partial charge on any atom is -0.00205 e. The Kier molecular flexibility index (Phi) is 3.65. The van der Waals surface area contributed by atoms with E-state index >= 15 is 0 Å². The van der Waals surface area contributed by atoms with Crippen LogP contribution in [0.3, 0.4) is 0 Å². The van der Waals surface area contributed by atoms with Crippen LogP contribution < -0.4 is 5.32 Å². The first-order chi connectivity index (χ1) is 6.45. The summed E-state index contributed by atoms with van der Waals surface area (Å²) in [5, 5.41) is 3.63. The monoisotopic (exact) mass is 181 g/mol. The molecule has 0 amide bonds. The van der Waals surface area contributed by atoms with Crippen LogP contribution in [0.1, 0.15) is 51.4 Å². The molecule has 2 aliphatic rings. The van der Waals surface area contributed by atoms with E-state index < -0.39 is 0 Å². The molecule has 2 saturated carbocycles. The predicted molar refractivity (Wildman–Crippen MR) is 56.8 cm³/mol. The molecule has 0 heterocycles. The van der Waals surface area contributed by atoms with Crippen LogP contribution in [0.15, 0.2) is 0 Å². The minimum Gasteiger partial charge on any atom is -0.316 e. The summed E-state index contributed by atoms with van der Waals surface area (Å²) in [5.41, 5.74) is 0. The van der Waals surface area contributed by atoms with Crippen LogP contribution in [0.25, 0.3) is 0 Å². The van der Waals surface area contributed by atoms with Crippen molar-refractivity contribution in [1.82, 2.24) is 5.32 Å². The Hall–Kier alpha value is -0.0400. The molecule has 2 fully saturated rings. The number of hydrogen-bond donors (Lipinski definition) is 1. The molecule has 0 aromatic rings. The molecule has 13 heavy (non-hydrogen) atoms. The van der Waals surface area contributed by atoms with Crippen molar-refractivity contribution >= 4 is 0 Å². The minimum absolute atomic E-state index is 1.02. The van der Waals surface area contributed by atoms with Gasteiger partial charge in [0.15, 0.2) is 0 Å². The van der Waals surface area contributed by atoms with Crippen molar-refractivity contribution in [2.24, 2.45) is 11.8 Å². The fourth-order valence-electron chi connectivity index (χ4n) is 2.61. The fourth-order valence-corrected chi connectivity index (χ4v) is 2.61. The van der Waals surface area contributed by atoms with E-state index in [1.165, 1.54) is 64.5 Å². The second-order valence-electron chi connectivity index (χ2n) is 4.94. The van der Waals surface area contributed by atoms with Crippen molar-refractivity contribution in [2.45, 2.75) is 51.4 Å². The Bertz CT molecular complexity index is 134. The maximum atomic E-state index is 3.63. The lowest BCUT2D eigenvalue weighted by atomic mass is 9.83. The maximum absolute atomic E-state index is 3.63. The van der Waals surface area contributed by atoms with Gasteiger partial charge in [-0.1, -0.05) is 32.1 Å². The van der Waals surface area contributed by atoms with E-state index in [-0.39, 0.29) is 0 Å². The predicted octanol–water partition coefficient (Wildman–Crippen LogP) is 2.96. The minimum atomic E-state index is 1.02. The van der Waals surface area contributed by atoms with Crippen LogP contribution in [0.5, 0.6) is 0 Å². The van der Waals surface area contributed by atoms with E-state index in [4.69, 9.17) is 0 Å². The van der Waals surface area contributed by atoms with E-state index in [0.29, 0.717) is 0 Å². The van der Waals surface area contributed by atoms with Gasteiger partial charge in [-0.2, -0.15) is 0 Å². The van der Waals surface area contributed by atoms with Crippen LogP contribution in [0.4, 0.5) is 0 Å². The molecule has 1 N–H and O–H groups in total. The Morgan fingerprint density at radius 3 is 2.15 bits per heavy atom. The van der Waals surface area contributed by atoms with Crippen molar-refractivity contribution < 1.29 is 0 Å². The highest BCUT2D eigenvalue weighted by Crippen LogP contribution is 2.29. The quantitative estimate of drug-likeness (QED) is 0.643. The molecule has 0 spiro atoms. The average Bonchev–Trinajstić information content (AvgIpc) is 2.53. The van der Waals surface area contributed by atoms with Crippen LogP contribution in [-0.4, -0.2) is 13.1 Å². The lowest BCUT2D eigenvalue weighted by Gasteiger charge is -2.25. The first kappa shape index (κ1) is 9.51. The van der Waals surface area contributed by atoms with Gasteiger partial charge in [0.2, 0.25) is 0 Å². The van der Waals surface area contributed by atoms with Crippen molar-refractivity contribution in [3.63, 3.8) is 0 Å². The molecule has 0 aromatic heterocycles. The molecule has 0 aromatic carbocycles. The topological polar surface area (TPSA) is 12.0 Å².